The molecular weight excluding hydrogens is 394 g/mol. The predicted molar refractivity (Wildman–Crippen MR) is 121 cm³/mol. The van der Waals surface area contributed by atoms with Gasteiger partial charge in [0.25, 0.3) is 0 Å². The summed E-state index contributed by atoms with van der Waals surface area (Å²) >= 11 is 6.36. The van der Waals surface area contributed by atoms with Crippen LogP contribution in [0.4, 0.5) is 0 Å². The van der Waals surface area contributed by atoms with Crippen molar-refractivity contribution < 1.29 is 4.79 Å². The number of nitrogens with one attached hydrogen (secondary N) is 1. The molecule has 1 aliphatic rings. The molecular formula is C25H26ClN3O. The van der Waals surface area contributed by atoms with Crippen molar-refractivity contribution in [2.24, 2.45) is 5.41 Å². The van der Waals surface area contributed by atoms with Crippen LogP contribution in [0.3, 0.4) is 0 Å². The van der Waals surface area contributed by atoms with Gasteiger partial charge in [-0.3, -0.25) is 14.7 Å². The highest BCUT2D eigenvalue weighted by molar-refractivity contribution is 6.31. The van der Waals surface area contributed by atoms with Gasteiger partial charge in [0.2, 0.25) is 5.91 Å². The van der Waals surface area contributed by atoms with Gasteiger partial charge in [0.15, 0.2) is 0 Å². The zero-order valence-corrected chi connectivity index (χ0v) is 17.9. The van der Waals surface area contributed by atoms with Crippen molar-refractivity contribution in [3.05, 3.63) is 89.2 Å². The highest BCUT2D eigenvalue weighted by Gasteiger charge is 2.44. The van der Waals surface area contributed by atoms with Gasteiger partial charge in [-0.15, -0.1) is 0 Å². The Morgan fingerprint density at radius 2 is 1.97 bits per heavy atom. The summed E-state index contributed by atoms with van der Waals surface area (Å²) in [6, 6.07) is 20.4. The van der Waals surface area contributed by atoms with Crippen molar-refractivity contribution >= 4 is 17.5 Å². The Kier molecular flexibility index (Phi) is 6.16. The van der Waals surface area contributed by atoms with E-state index in [2.05, 4.69) is 51.6 Å². The number of carbonyl (C=O) groups excluding carboxylic acids is 1. The van der Waals surface area contributed by atoms with Crippen LogP contribution in [0, 0.1) is 5.41 Å². The minimum atomic E-state index is -0.441. The first-order valence-corrected chi connectivity index (χ1v) is 10.6. The maximum absolute atomic E-state index is 13.0. The van der Waals surface area contributed by atoms with Crippen LogP contribution >= 0.6 is 11.6 Å². The third-order valence-electron chi connectivity index (χ3n) is 5.96. The molecule has 1 aromatic heterocycles. The van der Waals surface area contributed by atoms with E-state index in [4.69, 9.17) is 11.6 Å². The standard InChI is InChI=1S/C25H26ClN3O/c1-27-24(30)25(11-13-29(18-25)17-22-7-2-3-10-23(22)26)15-19-6-4-8-20(14-19)21-9-5-12-28-16-21/h2-10,12,14,16H,11,13,15,17-18H2,1H3,(H,27,30). The van der Waals surface area contributed by atoms with E-state index in [9.17, 15) is 4.79 Å². The van der Waals surface area contributed by atoms with Gasteiger partial charge >= 0.3 is 0 Å². The van der Waals surface area contributed by atoms with E-state index < -0.39 is 5.41 Å². The molecule has 0 aliphatic carbocycles. The second-order valence-electron chi connectivity index (χ2n) is 8.03. The number of rotatable bonds is 6. The second-order valence-corrected chi connectivity index (χ2v) is 8.44. The molecule has 1 fully saturated rings. The summed E-state index contributed by atoms with van der Waals surface area (Å²) in [5.74, 6) is 0.107. The molecule has 2 aromatic carbocycles. The maximum Gasteiger partial charge on any atom is 0.227 e. The number of hydrogen-bond donors (Lipinski definition) is 1. The summed E-state index contributed by atoms with van der Waals surface area (Å²) in [5.41, 5.74) is 4.03. The normalized spacial score (nSPS) is 19.0. The molecule has 1 amide bonds. The zero-order chi connectivity index (χ0) is 21.0. The molecule has 5 heteroatoms. The molecule has 1 N–H and O–H groups in total. The third kappa shape index (κ3) is 4.40. The first-order chi connectivity index (χ1) is 14.6. The Morgan fingerprint density at radius 1 is 1.13 bits per heavy atom. The molecule has 3 aromatic rings. The molecule has 4 nitrogen and oxygen atoms in total. The lowest BCUT2D eigenvalue weighted by Crippen LogP contribution is -2.43. The van der Waals surface area contributed by atoms with Gasteiger partial charge in [-0.25, -0.2) is 0 Å². The molecule has 1 saturated heterocycles. The number of nitrogens with zero attached hydrogens (tertiary/aromatic N) is 2. The largest absolute Gasteiger partial charge is 0.359 e. The van der Waals surface area contributed by atoms with Crippen LogP contribution in [0.25, 0.3) is 11.1 Å². The number of carbonyl (C=O) groups is 1. The van der Waals surface area contributed by atoms with E-state index in [1.165, 1.54) is 5.56 Å². The van der Waals surface area contributed by atoms with Gasteiger partial charge in [0.1, 0.15) is 0 Å². The molecule has 0 saturated carbocycles. The Labute approximate surface area is 182 Å². The summed E-state index contributed by atoms with van der Waals surface area (Å²) in [6.07, 6.45) is 5.18. The fourth-order valence-corrected chi connectivity index (χ4v) is 4.62. The van der Waals surface area contributed by atoms with Gasteiger partial charge in [0.05, 0.1) is 5.41 Å². The Bertz CT molecular complexity index is 1020. The van der Waals surface area contributed by atoms with Gasteiger partial charge in [-0.05, 0) is 53.8 Å². The summed E-state index contributed by atoms with van der Waals surface area (Å²) < 4.78 is 0. The van der Waals surface area contributed by atoms with Crippen molar-refractivity contribution in [3.63, 3.8) is 0 Å². The van der Waals surface area contributed by atoms with Crippen molar-refractivity contribution in [1.82, 2.24) is 15.2 Å². The number of likely N-dealkylation sites (tertiary alicyclic amines) is 1. The summed E-state index contributed by atoms with van der Waals surface area (Å²) in [4.78, 5) is 19.5. The maximum atomic E-state index is 13.0. The number of halogens is 1. The van der Waals surface area contributed by atoms with Gasteiger partial charge in [0, 0.05) is 37.6 Å². The average Bonchev–Trinajstić information content (AvgIpc) is 3.19. The number of amides is 1. The minimum absolute atomic E-state index is 0.107. The van der Waals surface area contributed by atoms with E-state index in [0.29, 0.717) is 6.42 Å². The molecule has 4 rings (SSSR count). The lowest BCUT2D eigenvalue weighted by atomic mass is 9.79. The van der Waals surface area contributed by atoms with Gasteiger partial charge < -0.3 is 5.32 Å². The molecule has 30 heavy (non-hydrogen) atoms. The van der Waals surface area contributed by atoms with Crippen LogP contribution in [-0.4, -0.2) is 35.9 Å². The summed E-state index contributed by atoms with van der Waals surface area (Å²) in [6.45, 7) is 2.35. The number of pyridine rings is 1. The average molecular weight is 420 g/mol. The Hall–Kier alpha value is -2.69. The van der Waals surface area contributed by atoms with E-state index in [1.54, 1.807) is 13.2 Å². The van der Waals surface area contributed by atoms with Crippen molar-refractivity contribution in [2.45, 2.75) is 19.4 Å². The topological polar surface area (TPSA) is 45.2 Å². The molecule has 0 radical (unpaired) electrons. The highest BCUT2D eigenvalue weighted by atomic mass is 35.5. The van der Waals surface area contributed by atoms with Crippen LogP contribution in [0.5, 0.6) is 0 Å². The monoisotopic (exact) mass is 419 g/mol. The zero-order valence-electron chi connectivity index (χ0n) is 17.1. The number of aromatic nitrogens is 1. The van der Waals surface area contributed by atoms with Crippen LogP contribution < -0.4 is 5.32 Å². The predicted octanol–water partition coefficient (Wildman–Crippen LogP) is 4.58. The van der Waals surface area contributed by atoms with E-state index in [-0.39, 0.29) is 5.91 Å². The number of benzene rings is 2. The van der Waals surface area contributed by atoms with E-state index >= 15 is 0 Å². The number of hydrogen-bond acceptors (Lipinski definition) is 3. The molecule has 1 aliphatic heterocycles. The third-order valence-corrected chi connectivity index (χ3v) is 6.33. The Balaban J connectivity index is 1.55. The van der Waals surface area contributed by atoms with Crippen LogP contribution in [0.1, 0.15) is 17.5 Å². The SMILES string of the molecule is CNC(=O)C1(Cc2cccc(-c3cccnc3)c2)CCN(Cc2ccccc2Cl)C1. The molecule has 1 atom stereocenters. The quantitative estimate of drug-likeness (QED) is 0.635. The lowest BCUT2D eigenvalue weighted by Gasteiger charge is -2.28. The molecule has 154 valence electrons. The molecule has 0 spiro atoms. The van der Waals surface area contributed by atoms with E-state index in [0.717, 1.165) is 47.8 Å². The van der Waals surface area contributed by atoms with Gasteiger partial charge in [-0.2, -0.15) is 0 Å². The van der Waals surface area contributed by atoms with Crippen LogP contribution in [0.15, 0.2) is 73.1 Å². The molecule has 0 bridgehead atoms. The van der Waals surface area contributed by atoms with Crippen molar-refractivity contribution in [2.75, 3.05) is 20.1 Å². The van der Waals surface area contributed by atoms with Crippen LogP contribution in [-0.2, 0) is 17.8 Å². The Morgan fingerprint density at radius 3 is 2.73 bits per heavy atom. The fraction of sp³-hybridized carbons (Fsp3) is 0.280. The molecule has 1 unspecified atom stereocenters. The highest BCUT2D eigenvalue weighted by Crippen LogP contribution is 2.36. The second kappa shape index (κ2) is 8.99. The molecule has 2 heterocycles. The van der Waals surface area contributed by atoms with Gasteiger partial charge in [-0.1, -0.05) is 60.1 Å². The van der Waals surface area contributed by atoms with Crippen molar-refractivity contribution in [1.29, 1.82) is 0 Å². The summed E-state index contributed by atoms with van der Waals surface area (Å²) in [5, 5.41) is 3.69. The first kappa shape index (κ1) is 20.6. The minimum Gasteiger partial charge on any atom is -0.359 e. The van der Waals surface area contributed by atoms with Crippen LogP contribution in [0.2, 0.25) is 5.02 Å². The smallest absolute Gasteiger partial charge is 0.227 e. The summed E-state index contributed by atoms with van der Waals surface area (Å²) in [7, 11) is 1.73. The van der Waals surface area contributed by atoms with Crippen molar-refractivity contribution in [3.8, 4) is 11.1 Å². The first-order valence-electron chi connectivity index (χ1n) is 10.3. The fourth-order valence-electron chi connectivity index (χ4n) is 4.42. The van der Waals surface area contributed by atoms with E-state index in [1.807, 2.05) is 30.5 Å². The lowest BCUT2D eigenvalue weighted by molar-refractivity contribution is -0.130.